The van der Waals surface area contributed by atoms with Gasteiger partial charge in [-0.3, -0.25) is 0 Å². The normalized spacial score (nSPS) is 19.6. The molecule has 0 atom stereocenters. The molecule has 1 fully saturated rings. The Balaban J connectivity index is 2.12. The summed E-state index contributed by atoms with van der Waals surface area (Å²) >= 11 is 0. The lowest BCUT2D eigenvalue weighted by atomic mass is 10.1. The molecule has 1 aliphatic rings. The third kappa shape index (κ3) is 4.51. The van der Waals surface area contributed by atoms with E-state index in [1.54, 1.807) is 4.31 Å². The Morgan fingerprint density at radius 1 is 1.33 bits per heavy atom. The average Bonchev–Trinajstić information content (AvgIpc) is 2.38. The van der Waals surface area contributed by atoms with Crippen molar-refractivity contribution in [3.05, 3.63) is 35.4 Å². The van der Waals surface area contributed by atoms with Crippen LogP contribution in [0.3, 0.4) is 0 Å². The van der Waals surface area contributed by atoms with E-state index < -0.39 is 15.6 Å². The van der Waals surface area contributed by atoms with Crippen LogP contribution in [-0.2, 0) is 27.1 Å². The van der Waals surface area contributed by atoms with Crippen molar-refractivity contribution in [2.75, 3.05) is 26.7 Å². The molecule has 0 aliphatic carbocycles. The monoisotopic (exact) mass is 312 g/mol. The number of rotatable bonds is 5. The molecule has 0 amide bonds. The van der Waals surface area contributed by atoms with E-state index in [1.807, 2.05) is 45.2 Å². The van der Waals surface area contributed by atoms with Gasteiger partial charge in [-0.1, -0.05) is 24.3 Å². The second kappa shape index (κ2) is 6.44. The topological polar surface area (TPSA) is 58.6 Å². The van der Waals surface area contributed by atoms with Crippen LogP contribution >= 0.6 is 0 Å². The highest BCUT2D eigenvalue weighted by Gasteiger charge is 2.33. The van der Waals surface area contributed by atoms with Gasteiger partial charge in [0, 0.05) is 19.6 Å². The maximum atomic E-state index is 12.6. The first kappa shape index (κ1) is 16.4. The molecule has 0 radical (unpaired) electrons. The van der Waals surface area contributed by atoms with E-state index >= 15 is 0 Å². The van der Waals surface area contributed by atoms with E-state index in [9.17, 15) is 8.42 Å². The van der Waals surface area contributed by atoms with E-state index in [0.29, 0.717) is 19.7 Å². The number of sulfonamides is 1. The van der Waals surface area contributed by atoms with Crippen LogP contribution in [0, 0.1) is 0 Å². The van der Waals surface area contributed by atoms with Gasteiger partial charge < -0.3 is 10.1 Å². The molecule has 0 spiro atoms. The fourth-order valence-electron chi connectivity index (χ4n) is 2.55. The molecular weight excluding hydrogens is 288 g/mol. The molecule has 1 heterocycles. The number of ether oxygens (including phenoxy) is 1. The maximum Gasteiger partial charge on any atom is 0.218 e. The van der Waals surface area contributed by atoms with Gasteiger partial charge in [0.25, 0.3) is 0 Å². The van der Waals surface area contributed by atoms with Crippen molar-refractivity contribution < 1.29 is 13.2 Å². The average molecular weight is 312 g/mol. The fourth-order valence-corrected chi connectivity index (χ4v) is 4.19. The number of nitrogens with one attached hydrogen (secondary N) is 1. The number of nitrogens with zero attached hydrogens (tertiary/aromatic N) is 1. The van der Waals surface area contributed by atoms with Gasteiger partial charge in [-0.2, -0.15) is 4.31 Å². The molecule has 118 valence electrons. The Labute approximate surface area is 127 Å². The van der Waals surface area contributed by atoms with Crippen LogP contribution in [0.15, 0.2) is 24.3 Å². The van der Waals surface area contributed by atoms with Crippen LogP contribution in [0.25, 0.3) is 0 Å². The molecule has 6 heteroatoms. The van der Waals surface area contributed by atoms with Crippen molar-refractivity contribution in [2.45, 2.75) is 31.7 Å². The minimum absolute atomic E-state index is 0.0423. The lowest BCUT2D eigenvalue weighted by Crippen LogP contribution is -2.50. The number of morpholine rings is 1. The SMILES string of the molecule is CNCc1cccc(CS(=O)(=O)N2CCOC(C)(C)C2)c1. The molecule has 0 unspecified atom stereocenters. The predicted molar refractivity (Wildman–Crippen MR) is 83.4 cm³/mol. The zero-order valence-electron chi connectivity index (χ0n) is 12.9. The summed E-state index contributed by atoms with van der Waals surface area (Å²) in [4.78, 5) is 0. The van der Waals surface area contributed by atoms with Gasteiger partial charge in [0.1, 0.15) is 0 Å². The Kier molecular flexibility index (Phi) is 5.03. The van der Waals surface area contributed by atoms with Gasteiger partial charge in [0.05, 0.1) is 18.0 Å². The van der Waals surface area contributed by atoms with Crippen LogP contribution in [0.2, 0.25) is 0 Å². The Morgan fingerprint density at radius 3 is 2.71 bits per heavy atom. The van der Waals surface area contributed by atoms with Crippen LogP contribution in [-0.4, -0.2) is 45.1 Å². The first-order valence-corrected chi connectivity index (χ1v) is 8.77. The van der Waals surface area contributed by atoms with Crippen LogP contribution in [0.1, 0.15) is 25.0 Å². The number of hydrogen-bond donors (Lipinski definition) is 1. The lowest BCUT2D eigenvalue weighted by Gasteiger charge is -2.37. The summed E-state index contributed by atoms with van der Waals surface area (Å²) in [6.45, 7) is 5.86. The lowest BCUT2D eigenvalue weighted by molar-refractivity contribution is -0.0640. The van der Waals surface area contributed by atoms with Gasteiger partial charge in [0.2, 0.25) is 10.0 Å². The van der Waals surface area contributed by atoms with Crippen molar-refractivity contribution in [3.8, 4) is 0 Å². The Hall–Kier alpha value is -0.950. The molecule has 1 saturated heterocycles. The highest BCUT2D eigenvalue weighted by atomic mass is 32.2. The standard InChI is InChI=1S/C15H24N2O3S/c1-15(2)12-17(7-8-20-15)21(18,19)11-14-6-4-5-13(9-14)10-16-3/h4-6,9,16H,7-8,10-12H2,1-3H3. The van der Waals surface area contributed by atoms with E-state index in [-0.39, 0.29) is 5.75 Å². The summed E-state index contributed by atoms with van der Waals surface area (Å²) in [6, 6.07) is 7.70. The van der Waals surface area contributed by atoms with Crippen LogP contribution < -0.4 is 5.32 Å². The largest absolute Gasteiger partial charge is 0.373 e. The molecule has 1 aliphatic heterocycles. The molecule has 1 aromatic carbocycles. The predicted octanol–water partition coefficient (Wildman–Crippen LogP) is 1.35. The summed E-state index contributed by atoms with van der Waals surface area (Å²) in [6.07, 6.45) is 0. The van der Waals surface area contributed by atoms with Gasteiger partial charge in [-0.25, -0.2) is 8.42 Å². The maximum absolute atomic E-state index is 12.6. The molecule has 21 heavy (non-hydrogen) atoms. The second-order valence-corrected chi connectivity index (χ2v) is 8.02. The summed E-state index contributed by atoms with van der Waals surface area (Å²) in [7, 11) is -1.43. The minimum atomic E-state index is -3.31. The molecule has 0 aromatic heterocycles. The van der Waals surface area contributed by atoms with E-state index in [4.69, 9.17) is 4.74 Å². The smallest absolute Gasteiger partial charge is 0.218 e. The van der Waals surface area contributed by atoms with Crippen LogP contribution in [0.4, 0.5) is 0 Å². The number of hydrogen-bond acceptors (Lipinski definition) is 4. The summed E-state index contributed by atoms with van der Waals surface area (Å²) in [5.41, 5.74) is 1.50. The third-order valence-corrected chi connectivity index (χ3v) is 5.30. The van der Waals surface area contributed by atoms with Crippen molar-refractivity contribution >= 4 is 10.0 Å². The van der Waals surface area contributed by atoms with Crippen molar-refractivity contribution in [1.29, 1.82) is 0 Å². The van der Waals surface area contributed by atoms with Gasteiger partial charge in [-0.05, 0) is 32.0 Å². The first-order chi connectivity index (χ1) is 9.82. The molecule has 1 N–H and O–H groups in total. The quantitative estimate of drug-likeness (QED) is 0.891. The third-order valence-electron chi connectivity index (χ3n) is 3.51. The molecule has 0 bridgehead atoms. The van der Waals surface area contributed by atoms with Gasteiger partial charge in [-0.15, -0.1) is 0 Å². The van der Waals surface area contributed by atoms with Gasteiger partial charge in [0.15, 0.2) is 0 Å². The summed E-state index contributed by atoms with van der Waals surface area (Å²) in [5.74, 6) is 0.0423. The second-order valence-electron chi connectivity index (χ2n) is 6.05. The molecular formula is C15H24N2O3S. The molecule has 2 rings (SSSR count). The Morgan fingerprint density at radius 2 is 2.05 bits per heavy atom. The minimum Gasteiger partial charge on any atom is -0.373 e. The summed E-state index contributed by atoms with van der Waals surface area (Å²) < 4.78 is 32.3. The van der Waals surface area contributed by atoms with Crippen LogP contribution in [0.5, 0.6) is 0 Å². The highest BCUT2D eigenvalue weighted by molar-refractivity contribution is 7.88. The zero-order valence-corrected chi connectivity index (χ0v) is 13.7. The van der Waals surface area contributed by atoms with E-state index in [2.05, 4.69) is 5.32 Å². The van der Waals surface area contributed by atoms with Crippen molar-refractivity contribution in [3.63, 3.8) is 0 Å². The molecule has 5 nitrogen and oxygen atoms in total. The first-order valence-electron chi connectivity index (χ1n) is 7.17. The van der Waals surface area contributed by atoms with Crippen molar-refractivity contribution in [1.82, 2.24) is 9.62 Å². The summed E-state index contributed by atoms with van der Waals surface area (Å²) in [5, 5.41) is 3.07. The Bertz CT molecular complexity index is 584. The molecule has 0 saturated carbocycles. The zero-order chi connectivity index (χ0) is 15.5. The van der Waals surface area contributed by atoms with Crippen molar-refractivity contribution in [2.24, 2.45) is 0 Å². The molecule has 1 aromatic rings. The van der Waals surface area contributed by atoms with E-state index in [0.717, 1.165) is 17.7 Å². The highest BCUT2D eigenvalue weighted by Crippen LogP contribution is 2.21. The number of benzene rings is 1. The van der Waals surface area contributed by atoms with Gasteiger partial charge >= 0.3 is 0 Å². The van der Waals surface area contributed by atoms with E-state index in [1.165, 1.54) is 0 Å². The fraction of sp³-hybridized carbons (Fsp3) is 0.600.